The predicted molar refractivity (Wildman–Crippen MR) is 80.7 cm³/mol. The zero-order valence-corrected chi connectivity index (χ0v) is 13.9. The molecular weight excluding hydrogens is 420 g/mol. The second kappa shape index (κ2) is 6.58. The number of ether oxygens (including phenoxy) is 1. The lowest BCUT2D eigenvalue weighted by molar-refractivity contribution is -0.183. The molecule has 1 aliphatic rings. The van der Waals surface area contributed by atoms with Crippen LogP contribution in [-0.2, 0) is 16.1 Å². The molecule has 0 saturated carbocycles. The molecule has 29 heavy (non-hydrogen) atoms. The van der Waals surface area contributed by atoms with Gasteiger partial charge in [0, 0.05) is 6.42 Å². The summed E-state index contributed by atoms with van der Waals surface area (Å²) in [6.45, 7) is -1.93. The maximum absolute atomic E-state index is 12.8. The van der Waals surface area contributed by atoms with Crippen molar-refractivity contribution in [2.45, 2.75) is 43.8 Å². The zero-order chi connectivity index (χ0) is 21.9. The molecule has 0 aliphatic carbocycles. The summed E-state index contributed by atoms with van der Waals surface area (Å²) in [6.07, 6.45) is -17.3. The van der Waals surface area contributed by atoms with Crippen molar-refractivity contribution in [3.63, 3.8) is 0 Å². The van der Waals surface area contributed by atoms with Gasteiger partial charge in [0.2, 0.25) is 5.95 Å². The predicted octanol–water partition coefficient (Wildman–Crippen LogP) is -0.189. The number of rotatable bonds is 3. The Kier molecular flexibility index (Phi) is 4.73. The van der Waals surface area contributed by atoms with E-state index in [0.717, 1.165) is 0 Å². The first kappa shape index (κ1) is 20.8. The highest BCUT2D eigenvalue weighted by Gasteiger charge is 2.50. The lowest BCUT2D eigenvalue weighted by atomic mass is 10.1. The van der Waals surface area contributed by atoms with Crippen LogP contribution in [0.2, 0.25) is 0 Å². The molecule has 0 radical (unpaired) electrons. The van der Waals surface area contributed by atoms with Crippen molar-refractivity contribution in [3.8, 4) is 0 Å². The summed E-state index contributed by atoms with van der Waals surface area (Å²) < 4.78 is 81.4. The zero-order valence-electron chi connectivity index (χ0n) is 13.9. The lowest BCUT2D eigenvalue weighted by Crippen LogP contribution is -2.36. The number of hydrogen-bond donors (Lipinski definition) is 3. The molecule has 1 fully saturated rings. The number of halogens is 6. The van der Waals surface area contributed by atoms with Crippen LogP contribution in [0.4, 0.5) is 32.3 Å². The van der Waals surface area contributed by atoms with Crippen LogP contribution in [-0.4, -0.2) is 54.6 Å². The Hall–Kier alpha value is -2.88. The van der Waals surface area contributed by atoms with Crippen molar-refractivity contribution in [2.75, 3.05) is 5.73 Å². The molecule has 0 unspecified atom stereocenters. The Morgan fingerprint density at radius 3 is 2.45 bits per heavy atom. The normalized spacial score (nSPS) is 23.1. The molecule has 10 nitrogen and oxygen atoms in total. The number of Topliss-reactive ketones (excluding diaryl/α,β-unsaturated/α-hetero) is 1. The maximum Gasteiger partial charge on any atom is 0.452 e. The van der Waals surface area contributed by atoms with Crippen LogP contribution < -0.4 is 17.0 Å². The number of imidazole rings is 1. The Labute approximate surface area is 154 Å². The van der Waals surface area contributed by atoms with Crippen LogP contribution in [0.25, 0.3) is 11.2 Å². The van der Waals surface area contributed by atoms with Gasteiger partial charge in [0.25, 0.3) is 11.3 Å². The Morgan fingerprint density at radius 1 is 1.28 bits per heavy atom. The van der Waals surface area contributed by atoms with Crippen LogP contribution in [0.3, 0.4) is 0 Å². The van der Waals surface area contributed by atoms with Gasteiger partial charge in [-0.05, 0) is 0 Å². The molecule has 0 aromatic carbocycles. The number of fused-ring (bicyclic) bond motifs is 1. The quantitative estimate of drug-likeness (QED) is 0.571. The van der Waals surface area contributed by atoms with Gasteiger partial charge < -0.3 is 15.6 Å². The molecule has 3 rings (SSSR count). The van der Waals surface area contributed by atoms with Gasteiger partial charge in [0.1, 0.15) is 18.8 Å². The van der Waals surface area contributed by atoms with Gasteiger partial charge in [0.15, 0.2) is 17.4 Å². The number of alkyl halides is 6. The minimum atomic E-state index is -5.31. The number of aromatic nitrogens is 4. The van der Waals surface area contributed by atoms with E-state index in [9.17, 15) is 45.8 Å². The fourth-order valence-electron chi connectivity index (χ4n) is 2.99. The average molecular weight is 431 g/mol. The maximum atomic E-state index is 12.8. The first-order valence-corrected chi connectivity index (χ1v) is 7.72. The summed E-state index contributed by atoms with van der Waals surface area (Å²) in [6, 6.07) is 0. The highest BCUT2D eigenvalue weighted by molar-refractivity contribution is 5.88. The number of anilines is 1. The monoisotopic (exact) mass is 431 g/mol. The fourth-order valence-corrected chi connectivity index (χ4v) is 2.99. The van der Waals surface area contributed by atoms with Crippen molar-refractivity contribution < 1.29 is 41.0 Å². The van der Waals surface area contributed by atoms with E-state index in [1.165, 1.54) is 0 Å². The summed E-state index contributed by atoms with van der Waals surface area (Å²) in [5.41, 5.74) is 0.896. The third kappa shape index (κ3) is 3.71. The molecule has 0 amide bonds. The molecule has 1 aliphatic heterocycles. The van der Waals surface area contributed by atoms with E-state index in [2.05, 4.69) is 4.98 Å². The minimum absolute atomic E-state index is 0.0321. The lowest BCUT2D eigenvalue weighted by Gasteiger charge is -2.16. The van der Waals surface area contributed by atoms with Crippen molar-refractivity contribution >= 4 is 22.9 Å². The number of ketones is 1. The second-order valence-corrected chi connectivity index (χ2v) is 6.16. The van der Waals surface area contributed by atoms with E-state index in [4.69, 9.17) is 10.5 Å². The number of H-pyrrole nitrogens is 1. The van der Waals surface area contributed by atoms with Crippen LogP contribution in [0, 0.1) is 0 Å². The van der Waals surface area contributed by atoms with Crippen LogP contribution in [0.15, 0.2) is 9.59 Å². The Morgan fingerprint density at radius 2 is 1.90 bits per heavy atom. The van der Waals surface area contributed by atoms with Gasteiger partial charge in [-0.3, -0.25) is 19.1 Å². The first-order valence-electron chi connectivity index (χ1n) is 7.72. The van der Waals surface area contributed by atoms with Gasteiger partial charge in [-0.2, -0.15) is 31.3 Å². The molecule has 0 bridgehead atoms. The SMILES string of the molecule is Nc1nc2c(c(=O)[nH]1)n(CC(F)(F)F)c(=O)n2[C@@H]1O[C@H](C(=O)C(F)(F)F)C[C@H]1O. The molecule has 0 spiro atoms. The van der Waals surface area contributed by atoms with Crippen molar-refractivity contribution in [1.82, 2.24) is 19.1 Å². The van der Waals surface area contributed by atoms with Crippen LogP contribution in [0.1, 0.15) is 12.6 Å². The van der Waals surface area contributed by atoms with Gasteiger partial charge in [-0.1, -0.05) is 0 Å². The van der Waals surface area contributed by atoms with Crippen molar-refractivity contribution in [1.29, 1.82) is 0 Å². The third-order valence-corrected chi connectivity index (χ3v) is 4.08. The summed E-state index contributed by atoms with van der Waals surface area (Å²) >= 11 is 0. The summed E-state index contributed by atoms with van der Waals surface area (Å²) in [5.74, 6) is -2.97. The minimum Gasteiger partial charge on any atom is -0.388 e. The number of aliphatic hydroxyl groups excluding tert-OH is 1. The number of nitrogens with two attached hydrogens (primary N) is 1. The standard InChI is InChI=1S/C13H11F6N5O5/c14-12(15,16)2-23-5-7(21-10(20)22-8(5)27)24(11(23)28)9-3(25)1-4(29-9)6(26)13(17,18)19/h3-4,9,25H,1-2H2,(H3,20,21,22,27)/t3-,4+,9-/m1/s1. The highest BCUT2D eigenvalue weighted by atomic mass is 19.4. The van der Waals surface area contributed by atoms with Gasteiger partial charge in [-0.15, -0.1) is 0 Å². The van der Waals surface area contributed by atoms with E-state index in [1.54, 1.807) is 0 Å². The highest BCUT2D eigenvalue weighted by Crippen LogP contribution is 2.34. The second-order valence-electron chi connectivity index (χ2n) is 6.16. The van der Waals surface area contributed by atoms with Crippen molar-refractivity contribution in [2.24, 2.45) is 0 Å². The number of hydrogen-bond acceptors (Lipinski definition) is 7. The summed E-state index contributed by atoms with van der Waals surface area (Å²) in [7, 11) is 0. The summed E-state index contributed by atoms with van der Waals surface area (Å²) in [5, 5.41) is 10.0. The van der Waals surface area contributed by atoms with E-state index in [0.29, 0.717) is 0 Å². The number of carbonyl (C=O) groups excluding carboxylic acids is 1. The topological polar surface area (TPSA) is 145 Å². The van der Waals surface area contributed by atoms with E-state index < -0.39 is 77.9 Å². The molecule has 1 saturated heterocycles. The number of nitrogens with zero attached hydrogens (tertiary/aromatic N) is 3. The molecule has 2 aromatic heterocycles. The van der Waals surface area contributed by atoms with E-state index >= 15 is 0 Å². The Bertz CT molecular complexity index is 1080. The number of aromatic amines is 1. The largest absolute Gasteiger partial charge is 0.452 e. The van der Waals surface area contributed by atoms with Gasteiger partial charge in [0.05, 0.1) is 0 Å². The van der Waals surface area contributed by atoms with Gasteiger partial charge in [-0.25, -0.2) is 9.36 Å². The van der Waals surface area contributed by atoms with E-state index in [-0.39, 0.29) is 9.13 Å². The molecule has 3 heterocycles. The fraction of sp³-hybridized carbons (Fsp3) is 0.538. The third-order valence-electron chi connectivity index (χ3n) is 4.08. The molecule has 4 N–H and O–H groups in total. The number of aliphatic hydroxyl groups is 1. The molecule has 16 heteroatoms. The van der Waals surface area contributed by atoms with E-state index in [1.807, 2.05) is 4.98 Å². The number of nitrogen functional groups attached to an aromatic ring is 1. The smallest absolute Gasteiger partial charge is 0.388 e. The van der Waals surface area contributed by atoms with Crippen molar-refractivity contribution in [3.05, 3.63) is 20.8 Å². The average Bonchev–Trinajstić information content (AvgIpc) is 3.03. The molecule has 2 aromatic rings. The number of carbonyl (C=O) groups is 1. The Balaban J connectivity index is 2.18. The van der Waals surface area contributed by atoms with Crippen LogP contribution in [0.5, 0.6) is 0 Å². The van der Waals surface area contributed by atoms with Crippen LogP contribution >= 0.6 is 0 Å². The molecule has 3 atom stereocenters. The van der Waals surface area contributed by atoms with Gasteiger partial charge >= 0.3 is 18.0 Å². The number of nitrogens with one attached hydrogen (secondary N) is 1. The first-order chi connectivity index (χ1) is 13.2. The molecule has 160 valence electrons. The summed E-state index contributed by atoms with van der Waals surface area (Å²) in [4.78, 5) is 41.4. The molecular formula is C13H11F6N5O5.